The van der Waals surface area contributed by atoms with E-state index in [2.05, 4.69) is 35.9 Å². The zero-order valence-electron chi connectivity index (χ0n) is 30.1. The summed E-state index contributed by atoms with van der Waals surface area (Å²) in [5.74, 6) is 2.08. The maximum atomic E-state index is 12.0. The van der Waals surface area contributed by atoms with E-state index in [1.165, 1.54) is 24.3 Å². The molecule has 4 aromatic carbocycles. The molecule has 0 spiro atoms. The van der Waals surface area contributed by atoms with Crippen LogP contribution in [0.2, 0.25) is 5.15 Å². The quantitative estimate of drug-likeness (QED) is 0.0764. The molecule has 6 rings (SSSR count). The molecule has 0 saturated carbocycles. The molecule has 0 atom stereocenters. The number of nitrogens with one attached hydrogen (secondary N) is 3. The van der Waals surface area contributed by atoms with E-state index in [9.17, 15) is 16.8 Å². The van der Waals surface area contributed by atoms with Crippen LogP contribution in [-0.4, -0.2) is 48.3 Å². The number of benzene rings is 4. The molecule has 54 heavy (non-hydrogen) atoms. The SMILES string of the molecule is CCS(=O)(=O)c1cccc(N)c1.CCS(=O)(=O)c1cccc(Nc2cc(Nc3cccc(C)c3)ncn2)c1.Cc1cccc(Nc2cc(Cl)ncn2)c1.Cl. The topological polar surface area (TPSA) is 182 Å². The molecule has 12 nitrogen and oxygen atoms in total. The standard InChI is InChI=1S/C19H20N4O2S.C11H10ClN3.C8H11NO2S.ClH/c1-3-26(24,25)17-9-5-8-16(11-17)23-19-12-18(20-13-21-19)22-15-7-4-6-14(2)10-15;1-8-3-2-4-9(5-8)15-11-6-10(12)13-7-14-11;1-2-12(10,11)8-5-3-4-7(9)6-8;/h4-13H,3H2,1-2H3,(H2,20,21,22,23);2-7H,1H3,(H,13,14,15);3-6H,2,9H2,1H3;1H. The highest BCUT2D eigenvalue weighted by Crippen LogP contribution is 2.23. The first-order valence-corrected chi connectivity index (χ1v) is 20.1. The predicted octanol–water partition coefficient (Wildman–Crippen LogP) is 8.73. The van der Waals surface area contributed by atoms with E-state index in [-0.39, 0.29) is 28.8 Å². The van der Waals surface area contributed by atoms with Gasteiger partial charge in [0, 0.05) is 34.9 Å². The van der Waals surface area contributed by atoms with Gasteiger partial charge < -0.3 is 21.7 Å². The van der Waals surface area contributed by atoms with Crippen LogP contribution in [0.1, 0.15) is 25.0 Å². The van der Waals surface area contributed by atoms with E-state index in [1.807, 2.05) is 62.4 Å². The fraction of sp³-hybridized carbons (Fsp3) is 0.158. The number of nitrogen functional groups attached to an aromatic ring is 1. The second-order valence-electron chi connectivity index (χ2n) is 11.5. The Hall–Kier alpha value is -5.28. The predicted molar refractivity (Wildman–Crippen MR) is 221 cm³/mol. The van der Waals surface area contributed by atoms with Gasteiger partial charge in [-0.1, -0.05) is 61.8 Å². The number of aryl methyl sites for hydroxylation is 2. The molecule has 0 radical (unpaired) electrons. The van der Waals surface area contributed by atoms with Crippen molar-refractivity contribution in [2.24, 2.45) is 0 Å². The lowest BCUT2D eigenvalue weighted by Gasteiger charge is -2.10. The molecule has 0 aliphatic heterocycles. The Morgan fingerprint density at radius 3 is 1.41 bits per heavy atom. The Balaban J connectivity index is 0.000000237. The highest BCUT2D eigenvalue weighted by molar-refractivity contribution is 7.91. The first kappa shape index (κ1) is 43.1. The third kappa shape index (κ3) is 13.6. The second-order valence-corrected chi connectivity index (χ2v) is 16.5. The van der Waals surface area contributed by atoms with Gasteiger partial charge >= 0.3 is 0 Å². The number of hydrogen-bond acceptors (Lipinski definition) is 12. The van der Waals surface area contributed by atoms with Crippen molar-refractivity contribution in [3.63, 3.8) is 0 Å². The molecular weight excluding hydrogens is 768 g/mol. The van der Waals surface area contributed by atoms with Crippen molar-refractivity contribution >= 4 is 83.9 Å². The van der Waals surface area contributed by atoms with Gasteiger partial charge in [0.2, 0.25) is 0 Å². The third-order valence-electron chi connectivity index (χ3n) is 7.32. The molecule has 0 unspecified atom stereocenters. The van der Waals surface area contributed by atoms with Gasteiger partial charge in [-0.15, -0.1) is 12.4 Å². The minimum Gasteiger partial charge on any atom is -0.399 e. The first-order chi connectivity index (χ1) is 25.3. The highest BCUT2D eigenvalue weighted by atomic mass is 35.5. The Morgan fingerprint density at radius 2 is 0.963 bits per heavy atom. The van der Waals surface area contributed by atoms with Gasteiger partial charge in [0.15, 0.2) is 19.7 Å². The number of aromatic nitrogens is 4. The van der Waals surface area contributed by atoms with Gasteiger partial charge in [0.1, 0.15) is 35.3 Å². The van der Waals surface area contributed by atoms with E-state index in [0.29, 0.717) is 38.9 Å². The van der Waals surface area contributed by atoms with Gasteiger partial charge in [-0.05, 0) is 85.6 Å². The van der Waals surface area contributed by atoms with E-state index in [4.69, 9.17) is 17.3 Å². The maximum absolute atomic E-state index is 12.0. The first-order valence-electron chi connectivity index (χ1n) is 16.4. The van der Waals surface area contributed by atoms with Crippen molar-refractivity contribution in [1.29, 1.82) is 0 Å². The van der Waals surface area contributed by atoms with Crippen molar-refractivity contribution in [3.05, 3.63) is 138 Å². The molecule has 0 aliphatic rings. The van der Waals surface area contributed by atoms with Crippen LogP contribution in [0.4, 0.5) is 40.2 Å². The second kappa shape index (κ2) is 20.3. The molecule has 2 aromatic heterocycles. The lowest BCUT2D eigenvalue weighted by Crippen LogP contribution is -2.04. The summed E-state index contributed by atoms with van der Waals surface area (Å²) in [7, 11) is -6.35. The molecule has 6 aromatic rings. The third-order valence-corrected chi connectivity index (χ3v) is 11.0. The zero-order valence-corrected chi connectivity index (χ0v) is 33.3. The number of nitrogens with zero attached hydrogens (tertiary/aromatic N) is 4. The summed E-state index contributed by atoms with van der Waals surface area (Å²) in [5.41, 5.74) is 10.8. The monoisotopic (exact) mass is 808 g/mol. The smallest absolute Gasteiger partial charge is 0.178 e. The number of halogens is 2. The van der Waals surface area contributed by atoms with Crippen LogP contribution in [0.5, 0.6) is 0 Å². The molecule has 0 fully saturated rings. The van der Waals surface area contributed by atoms with Gasteiger partial charge in [-0.25, -0.2) is 36.8 Å². The highest BCUT2D eigenvalue weighted by Gasteiger charge is 2.12. The summed E-state index contributed by atoms with van der Waals surface area (Å²) < 4.78 is 46.6. The summed E-state index contributed by atoms with van der Waals surface area (Å²) in [6.07, 6.45) is 2.88. The summed E-state index contributed by atoms with van der Waals surface area (Å²) in [6, 6.07) is 32.5. The average molecular weight is 810 g/mol. The molecule has 0 bridgehead atoms. The molecule has 16 heteroatoms. The maximum Gasteiger partial charge on any atom is 0.178 e. The largest absolute Gasteiger partial charge is 0.399 e. The number of anilines is 7. The van der Waals surface area contributed by atoms with Gasteiger partial charge in [0.05, 0.1) is 21.3 Å². The van der Waals surface area contributed by atoms with E-state index in [0.717, 1.165) is 16.9 Å². The molecule has 284 valence electrons. The van der Waals surface area contributed by atoms with Crippen LogP contribution in [0.25, 0.3) is 0 Å². The number of nitrogens with two attached hydrogens (primary N) is 1. The molecular formula is C38H42Cl2N8O4S2. The van der Waals surface area contributed by atoms with Crippen molar-refractivity contribution in [2.45, 2.75) is 37.5 Å². The zero-order chi connectivity index (χ0) is 38.4. The van der Waals surface area contributed by atoms with Crippen molar-refractivity contribution < 1.29 is 16.8 Å². The Labute approximate surface area is 327 Å². The Bertz CT molecular complexity index is 2320. The van der Waals surface area contributed by atoms with E-state index < -0.39 is 19.7 Å². The Morgan fingerprint density at radius 1 is 0.556 bits per heavy atom. The molecule has 0 saturated heterocycles. The van der Waals surface area contributed by atoms with Crippen LogP contribution in [0.3, 0.4) is 0 Å². The lowest BCUT2D eigenvalue weighted by molar-refractivity contribution is 0.595. The summed E-state index contributed by atoms with van der Waals surface area (Å²) in [5, 5.41) is 9.93. The van der Waals surface area contributed by atoms with Crippen LogP contribution in [0, 0.1) is 13.8 Å². The minimum atomic E-state index is -3.25. The van der Waals surface area contributed by atoms with Crippen LogP contribution in [0.15, 0.2) is 132 Å². The summed E-state index contributed by atoms with van der Waals surface area (Å²) in [6.45, 7) is 7.30. The van der Waals surface area contributed by atoms with Crippen molar-refractivity contribution in [2.75, 3.05) is 33.2 Å². The molecule has 2 heterocycles. The molecule has 0 aliphatic carbocycles. The van der Waals surface area contributed by atoms with Crippen LogP contribution >= 0.6 is 24.0 Å². The van der Waals surface area contributed by atoms with Gasteiger partial charge in [-0.3, -0.25) is 0 Å². The fourth-order valence-electron chi connectivity index (χ4n) is 4.59. The Kier molecular flexibility index (Phi) is 16.2. The fourth-order valence-corrected chi connectivity index (χ4v) is 6.60. The van der Waals surface area contributed by atoms with Gasteiger partial charge in [0.25, 0.3) is 0 Å². The number of hydrogen-bond donors (Lipinski definition) is 4. The molecule has 5 N–H and O–H groups in total. The summed E-state index contributed by atoms with van der Waals surface area (Å²) >= 11 is 5.75. The van der Waals surface area contributed by atoms with E-state index in [1.54, 1.807) is 68.4 Å². The number of rotatable bonds is 10. The van der Waals surface area contributed by atoms with E-state index >= 15 is 0 Å². The van der Waals surface area contributed by atoms with Crippen molar-refractivity contribution in [1.82, 2.24) is 19.9 Å². The van der Waals surface area contributed by atoms with Gasteiger partial charge in [-0.2, -0.15) is 0 Å². The van der Waals surface area contributed by atoms with Crippen LogP contribution < -0.4 is 21.7 Å². The normalized spacial score (nSPS) is 10.7. The number of sulfone groups is 2. The average Bonchev–Trinajstić information content (AvgIpc) is 3.12. The molecule has 0 amide bonds. The minimum absolute atomic E-state index is 0. The lowest BCUT2D eigenvalue weighted by atomic mass is 10.2. The summed E-state index contributed by atoms with van der Waals surface area (Å²) in [4.78, 5) is 16.9. The van der Waals surface area contributed by atoms with Crippen LogP contribution in [-0.2, 0) is 19.7 Å². The van der Waals surface area contributed by atoms with Crippen molar-refractivity contribution in [3.8, 4) is 0 Å².